The predicted molar refractivity (Wildman–Crippen MR) is 68.3 cm³/mol. The van der Waals surface area contributed by atoms with Crippen molar-refractivity contribution in [2.75, 3.05) is 0 Å². The van der Waals surface area contributed by atoms with Crippen molar-refractivity contribution in [3.8, 4) is 0 Å². The second-order valence-corrected chi connectivity index (χ2v) is 4.72. The third-order valence-electron chi connectivity index (χ3n) is 2.20. The summed E-state index contributed by atoms with van der Waals surface area (Å²) in [7, 11) is 0. The van der Waals surface area contributed by atoms with Crippen LogP contribution in [0.4, 0.5) is 0 Å². The molecule has 2 N–H and O–H groups in total. The van der Waals surface area contributed by atoms with Gasteiger partial charge in [-0.15, -0.1) is 0 Å². The molecular weight excluding hydrogens is 289 g/mol. The molecular formula is C11H11BrClN3. The molecule has 0 aliphatic carbocycles. The maximum absolute atomic E-state index is 5.92. The van der Waals surface area contributed by atoms with Crippen LogP contribution in [0, 0.1) is 0 Å². The Bertz CT molecular complexity index is 456. The normalized spacial score (nSPS) is 10.6. The summed E-state index contributed by atoms with van der Waals surface area (Å²) in [5.41, 5.74) is 2.34. The van der Waals surface area contributed by atoms with E-state index in [-0.39, 0.29) is 0 Å². The monoisotopic (exact) mass is 299 g/mol. The van der Waals surface area contributed by atoms with Gasteiger partial charge in [0.2, 0.25) is 0 Å². The molecule has 5 heteroatoms. The van der Waals surface area contributed by atoms with Crippen LogP contribution in [0.15, 0.2) is 35.1 Å². The highest BCUT2D eigenvalue weighted by Crippen LogP contribution is 2.23. The van der Waals surface area contributed by atoms with Gasteiger partial charge in [-0.05, 0) is 33.6 Å². The van der Waals surface area contributed by atoms with Gasteiger partial charge >= 0.3 is 0 Å². The molecule has 1 heterocycles. The van der Waals surface area contributed by atoms with E-state index in [0.29, 0.717) is 0 Å². The van der Waals surface area contributed by atoms with Crippen molar-refractivity contribution in [3.63, 3.8) is 0 Å². The molecule has 0 amide bonds. The summed E-state index contributed by atoms with van der Waals surface area (Å²) in [6, 6.07) is 5.92. The largest absolute Gasteiger partial charge is 0.309 e. The van der Waals surface area contributed by atoms with Gasteiger partial charge in [0.25, 0.3) is 0 Å². The van der Waals surface area contributed by atoms with Gasteiger partial charge in [-0.3, -0.25) is 5.10 Å². The molecule has 84 valence electrons. The fourth-order valence-electron chi connectivity index (χ4n) is 1.38. The van der Waals surface area contributed by atoms with Crippen molar-refractivity contribution in [2.24, 2.45) is 0 Å². The lowest BCUT2D eigenvalue weighted by Gasteiger charge is -2.04. The Kier molecular flexibility index (Phi) is 3.98. The Hall–Kier alpha value is -0.840. The van der Waals surface area contributed by atoms with Crippen LogP contribution in [0.5, 0.6) is 0 Å². The minimum atomic E-state index is 0.735. The van der Waals surface area contributed by atoms with Crippen molar-refractivity contribution in [1.29, 1.82) is 0 Å². The SMILES string of the molecule is Clc1ccc(CNCc2cn[nH]c2)cc1Br. The zero-order valence-electron chi connectivity index (χ0n) is 8.50. The van der Waals surface area contributed by atoms with Gasteiger partial charge in [0.1, 0.15) is 0 Å². The smallest absolute Gasteiger partial charge is 0.0548 e. The molecule has 2 aromatic rings. The number of H-pyrrole nitrogens is 1. The fourth-order valence-corrected chi connectivity index (χ4v) is 1.92. The van der Waals surface area contributed by atoms with E-state index in [4.69, 9.17) is 11.6 Å². The van der Waals surface area contributed by atoms with Gasteiger partial charge in [0.15, 0.2) is 0 Å². The van der Waals surface area contributed by atoms with E-state index in [1.54, 1.807) is 0 Å². The van der Waals surface area contributed by atoms with Crippen LogP contribution >= 0.6 is 27.5 Å². The molecule has 0 atom stereocenters. The van der Waals surface area contributed by atoms with Crippen molar-refractivity contribution >= 4 is 27.5 Å². The molecule has 1 aromatic heterocycles. The Morgan fingerprint density at radius 1 is 1.31 bits per heavy atom. The van der Waals surface area contributed by atoms with Crippen molar-refractivity contribution in [1.82, 2.24) is 15.5 Å². The summed E-state index contributed by atoms with van der Waals surface area (Å²) in [4.78, 5) is 0. The van der Waals surface area contributed by atoms with E-state index < -0.39 is 0 Å². The summed E-state index contributed by atoms with van der Waals surface area (Å²) in [5.74, 6) is 0. The topological polar surface area (TPSA) is 40.7 Å². The Morgan fingerprint density at radius 2 is 2.12 bits per heavy atom. The van der Waals surface area contributed by atoms with Crippen LogP contribution in [0.25, 0.3) is 0 Å². The van der Waals surface area contributed by atoms with Crippen LogP contribution in [0.1, 0.15) is 11.1 Å². The lowest BCUT2D eigenvalue weighted by molar-refractivity contribution is 0.693. The Balaban J connectivity index is 1.87. The molecule has 0 spiro atoms. The average molecular weight is 301 g/mol. The minimum Gasteiger partial charge on any atom is -0.309 e. The molecule has 0 aliphatic heterocycles. The van der Waals surface area contributed by atoms with Gasteiger partial charge < -0.3 is 5.32 Å². The van der Waals surface area contributed by atoms with E-state index in [0.717, 1.165) is 28.1 Å². The van der Waals surface area contributed by atoms with Crippen LogP contribution in [-0.2, 0) is 13.1 Å². The number of benzene rings is 1. The number of rotatable bonds is 4. The van der Waals surface area contributed by atoms with Gasteiger partial charge in [-0.25, -0.2) is 0 Å². The zero-order valence-corrected chi connectivity index (χ0v) is 10.8. The molecule has 0 saturated heterocycles. The summed E-state index contributed by atoms with van der Waals surface area (Å²) in [6.07, 6.45) is 3.69. The number of hydrogen-bond donors (Lipinski definition) is 2. The average Bonchev–Trinajstić information content (AvgIpc) is 2.76. The second kappa shape index (κ2) is 5.48. The molecule has 0 saturated carbocycles. The highest BCUT2D eigenvalue weighted by molar-refractivity contribution is 9.10. The Labute approximate surface area is 107 Å². The van der Waals surface area contributed by atoms with Crippen molar-refractivity contribution in [2.45, 2.75) is 13.1 Å². The van der Waals surface area contributed by atoms with E-state index in [1.807, 2.05) is 30.6 Å². The van der Waals surface area contributed by atoms with E-state index in [1.165, 1.54) is 5.56 Å². The van der Waals surface area contributed by atoms with Crippen molar-refractivity contribution < 1.29 is 0 Å². The van der Waals surface area contributed by atoms with Gasteiger partial charge in [-0.2, -0.15) is 5.10 Å². The summed E-state index contributed by atoms with van der Waals surface area (Å²) < 4.78 is 0.928. The maximum Gasteiger partial charge on any atom is 0.0548 e. The van der Waals surface area contributed by atoms with Crippen LogP contribution < -0.4 is 5.32 Å². The van der Waals surface area contributed by atoms with Crippen LogP contribution in [0.2, 0.25) is 5.02 Å². The van der Waals surface area contributed by atoms with E-state index >= 15 is 0 Å². The first-order valence-corrected chi connectivity index (χ1v) is 6.05. The number of nitrogens with zero attached hydrogens (tertiary/aromatic N) is 1. The molecule has 0 fully saturated rings. The molecule has 0 unspecified atom stereocenters. The maximum atomic E-state index is 5.92. The van der Waals surface area contributed by atoms with Gasteiger partial charge in [0, 0.05) is 29.3 Å². The third-order valence-corrected chi connectivity index (χ3v) is 3.41. The first kappa shape index (κ1) is 11.6. The zero-order chi connectivity index (χ0) is 11.4. The third kappa shape index (κ3) is 3.07. The molecule has 1 aromatic carbocycles. The second-order valence-electron chi connectivity index (χ2n) is 3.46. The molecule has 3 nitrogen and oxygen atoms in total. The first-order valence-electron chi connectivity index (χ1n) is 4.88. The summed E-state index contributed by atoms with van der Waals surface area (Å²) in [6.45, 7) is 1.61. The lowest BCUT2D eigenvalue weighted by Crippen LogP contribution is -2.12. The van der Waals surface area contributed by atoms with E-state index in [2.05, 4.69) is 31.4 Å². The summed E-state index contributed by atoms with van der Waals surface area (Å²) >= 11 is 9.32. The van der Waals surface area contributed by atoms with Crippen molar-refractivity contribution in [3.05, 3.63) is 51.2 Å². The van der Waals surface area contributed by atoms with Crippen LogP contribution in [-0.4, -0.2) is 10.2 Å². The fraction of sp³-hybridized carbons (Fsp3) is 0.182. The molecule has 0 bridgehead atoms. The standard InChI is InChI=1S/C11H11BrClN3/c12-10-3-8(1-2-11(10)13)4-14-5-9-6-15-16-7-9/h1-3,6-7,14H,4-5H2,(H,15,16). The summed E-state index contributed by atoms with van der Waals surface area (Å²) in [5, 5.41) is 10.7. The molecule has 0 radical (unpaired) electrons. The van der Waals surface area contributed by atoms with Gasteiger partial charge in [0.05, 0.1) is 11.2 Å². The first-order chi connectivity index (χ1) is 7.75. The minimum absolute atomic E-state index is 0.735. The molecule has 0 aliphatic rings. The molecule has 2 rings (SSSR count). The van der Waals surface area contributed by atoms with Crippen LogP contribution in [0.3, 0.4) is 0 Å². The Morgan fingerprint density at radius 3 is 2.81 bits per heavy atom. The number of nitrogens with one attached hydrogen (secondary N) is 2. The number of aromatic nitrogens is 2. The van der Waals surface area contributed by atoms with E-state index in [9.17, 15) is 0 Å². The quantitative estimate of drug-likeness (QED) is 0.911. The highest BCUT2D eigenvalue weighted by Gasteiger charge is 1.99. The molecule has 16 heavy (non-hydrogen) atoms. The number of aromatic amines is 1. The lowest BCUT2D eigenvalue weighted by atomic mass is 10.2. The predicted octanol–water partition coefficient (Wildman–Crippen LogP) is 3.12. The van der Waals surface area contributed by atoms with Gasteiger partial charge in [-0.1, -0.05) is 17.7 Å². The number of hydrogen-bond acceptors (Lipinski definition) is 2. The highest BCUT2D eigenvalue weighted by atomic mass is 79.9. The number of halogens is 2.